The zero-order valence-corrected chi connectivity index (χ0v) is 19.9. The molecule has 0 heterocycles. The Kier molecular flexibility index (Phi) is 8.17. The van der Waals surface area contributed by atoms with Crippen LogP contribution in [0.3, 0.4) is 0 Å². The van der Waals surface area contributed by atoms with E-state index in [4.69, 9.17) is 4.74 Å². The first kappa shape index (κ1) is 26.8. The van der Waals surface area contributed by atoms with E-state index in [1.165, 1.54) is 19.2 Å². The lowest BCUT2D eigenvalue weighted by molar-refractivity contribution is -0.224. The van der Waals surface area contributed by atoms with E-state index in [0.717, 1.165) is 12.8 Å². The molecule has 0 N–H and O–H groups in total. The fraction of sp³-hybridized carbons (Fsp3) is 0.556. The zero-order chi connectivity index (χ0) is 26.0. The minimum atomic E-state index is -3.65. The highest BCUT2D eigenvalue weighted by Crippen LogP contribution is 2.47. The molecule has 0 spiro atoms. The smallest absolute Gasteiger partial charge is 0.400 e. The third-order valence-electron chi connectivity index (χ3n) is 7.75. The number of ether oxygens (including phenoxy) is 2. The van der Waals surface area contributed by atoms with Crippen LogP contribution in [-0.2, 0) is 11.3 Å². The first-order valence-corrected chi connectivity index (χ1v) is 12.3. The molecule has 0 bridgehead atoms. The summed E-state index contributed by atoms with van der Waals surface area (Å²) >= 11 is 0. The van der Waals surface area contributed by atoms with Crippen LogP contribution in [0.4, 0.5) is 30.7 Å². The molecule has 2 saturated carbocycles. The van der Waals surface area contributed by atoms with Gasteiger partial charge < -0.3 is 9.47 Å². The van der Waals surface area contributed by atoms with Gasteiger partial charge in [-0.15, -0.1) is 0 Å². The quantitative estimate of drug-likeness (QED) is 0.271. The summed E-state index contributed by atoms with van der Waals surface area (Å²) in [5.41, 5.74) is 0.555. The summed E-state index contributed by atoms with van der Waals surface area (Å²) in [6.07, 6.45) is 0.565. The highest BCUT2D eigenvalue weighted by Gasteiger charge is 2.45. The van der Waals surface area contributed by atoms with Crippen LogP contribution in [0.2, 0.25) is 0 Å². The van der Waals surface area contributed by atoms with Gasteiger partial charge in [0.25, 0.3) is 0 Å². The van der Waals surface area contributed by atoms with Crippen molar-refractivity contribution in [3.8, 4) is 5.75 Å². The number of alkyl halides is 2. The molecule has 2 aromatic carbocycles. The van der Waals surface area contributed by atoms with Gasteiger partial charge in [0.15, 0.2) is 17.5 Å². The van der Waals surface area contributed by atoms with Crippen LogP contribution >= 0.6 is 0 Å². The largest absolute Gasteiger partial charge is 0.432 e. The molecule has 198 valence electrons. The third kappa shape index (κ3) is 5.82. The van der Waals surface area contributed by atoms with Gasteiger partial charge in [0, 0.05) is 24.8 Å². The van der Waals surface area contributed by atoms with E-state index < -0.39 is 46.9 Å². The van der Waals surface area contributed by atoms with Crippen molar-refractivity contribution in [2.24, 2.45) is 17.8 Å². The van der Waals surface area contributed by atoms with Crippen molar-refractivity contribution in [1.29, 1.82) is 0 Å². The van der Waals surface area contributed by atoms with E-state index in [1.54, 1.807) is 0 Å². The molecule has 2 aromatic rings. The molecule has 2 nitrogen and oxygen atoms in total. The molecule has 0 atom stereocenters. The van der Waals surface area contributed by atoms with Gasteiger partial charge in [-0.1, -0.05) is 0 Å². The summed E-state index contributed by atoms with van der Waals surface area (Å²) in [5, 5.41) is 0. The van der Waals surface area contributed by atoms with Crippen LogP contribution in [0.15, 0.2) is 24.3 Å². The van der Waals surface area contributed by atoms with E-state index >= 15 is 0 Å². The predicted molar refractivity (Wildman–Crippen MR) is 119 cm³/mol. The van der Waals surface area contributed by atoms with Crippen LogP contribution < -0.4 is 4.74 Å². The van der Waals surface area contributed by atoms with Gasteiger partial charge in [0.2, 0.25) is 0 Å². The third-order valence-corrected chi connectivity index (χ3v) is 7.75. The molecule has 2 aliphatic carbocycles. The first-order valence-electron chi connectivity index (χ1n) is 12.3. The van der Waals surface area contributed by atoms with Crippen molar-refractivity contribution in [1.82, 2.24) is 0 Å². The Labute approximate surface area is 205 Å². The van der Waals surface area contributed by atoms with Crippen LogP contribution in [0.25, 0.3) is 0 Å². The molecule has 0 aromatic heterocycles. The fourth-order valence-electron chi connectivity index (χ4n) is 5.91. The number of hydrogen-bond acceptors (Lipinski definition) is 2. The van der Waals surface area contributed by atoms with Gasteiger partial charge in [-0.25, -0.2) is 22.0 Å². The highest BCUT2D eigenvalue weighted by atomic mass is 19.3. The predicted octanol–water partition coefficient (Wildman–Crippen LogP) is 8.28. The van der Waals surface area contributed by atoms with Gasteiger partial charge in [-0.05, 0) is 86.8 Å². The molecule has 0 aliphatic heterocycles. The maximum absolute atomic E-state index is 14.7. The zero-order valence-electron chi connectivity index (χ0n) is 19.9. The van der Waals surface area contributed by atoms with Crippen LogP contribution in [0.1, 0.15) is 68.4 Å². The highest BCUT2D eigenvalue weighted by molar-refractivity contribution is 5.29. The standard InChI is InChI=1S/C27H29F7O2/c1-35-14-15-10-21(28)25(22(29)11-15)18-4-2-16(3-5-18)17-6-8-19(9-7-17)27(33,34)36-20-12-23(30)26(32)24(31)13-20/h10-13,16-19H,2-9,14H2,1H3. The van der Waals surface area contributed by atoms with Crippen LogP contribution in [0, 0.1) is 46.8 Å². The summed E-state index contributed by atoms with van der Waals surface area (Å²) in [6.45, 7) is 0.130. The Bertz CT molecular complexity index is 1010. The number of hydrogen-bond donors (Lipinski definition) is 0. The Morgan fingerprint density at radius 2 is 1.22 bits per heavy atom. The van der Waals surface area contributed by atoms with E-state index in [9.17, 15) is 30.7 Å². The second-order valence-electron chi connectivity index (χ2n) is 9.99. The molecule has 0 amide bonds. The Balaban J connectivity index is 1.31. The average molecular weight is 519 g/mol. The normalized spacial score (nSPS) is 25.1. The molecule has 9 heteroatoms. The van der Waals surface area contributed by atoms with Gasteiger partial charge in [-0.3, -0.25) is 0 Å². The minimum Gasteiger partial charge on any atom is -0.432 e. The molecule has 0 radical (unpaired) electrons. The molecular weight excluding hydrogens is 489 g/mol. The van der Waals surface area contributed by atoms with Gasteiger partial charge >= 0.3 is 6.11 Å². The molecule has 0 saturated heterocycles. The van der Waals surface area contributed by atoms with Crippen molar-refractivity contribution in [3.63, 3.8) is 0 Å². The lowest BCUT2D eigenvalue weighted by Crippen LogP contribution is -2.38. The van der Waals surface area contributed by atoms with Crippen molar-refractivity contribution >= 4 is 0 Å². The summed E-state index contributed by atoms with van der Waals surface area (Å²) in [4.78, 5) is 0. The SMILES string of the molecule is COCc1cc(F)c(C2CCC(C3CCC(C(F)(F)Oc4cc(F)c(F)c(F)c4)CC3)CC2)c(F)c1. The monoisotopic (exact) mass is 518 g/mol. The van der Waals surface area contributed by atoms with Gasteiger partial charge in [0.05, 0.1) is 12.5 Å². The number of benzene rings is 2. The Morgan fingerprint density at radius 3 is 1.72 bits per heavy atom. The number of rotatable bonds is 7. The van der Waals surface area contributed by atoms with E-state index in [0.29, 0.717) is 43.4 Å². The first-order chi connectivity index (χ1) is 17.1. The van der Waals surface area contributed by atoms with Crippen LogP contribution in [-0.4, -0.2) is 13.2 Å². The lowest BCUT2D eigenvalue weighted by atomic mass is 9.68. The number of methoxy groups -OCH3 is 1. The summed E-state index contributed by atoms with van der Waals surface area (Å²) in [5.74, 6) is -7.65. The number of halogens is 7. The van der Waals surface area contributed by atoms with Crippen molar-refractivity contribution < 1.29 is 40.2 Å². The molecule has 0 unspecified atom stereocenters. The summed E-state index contributed by atoms with van der Waals surface area (Å²) in [6, 6.07) is 3.44. The maximum Gasteiger partial charge on any atom is 0.400 e. The summed E-state index contributed by atoms with van der Waals surface area (Å²) < 4.78 is 108. The van der Waals surface area contributed by atoms with Crippen molar-refractivity contribution in [3.05, 3.63) is 64.5 Å². The summed E-state index contributed by atoms with van der Waals surface area (Å²) in [7, 11) is 1.46. The van der Waals surface area contributed by atoms with Crippen molar-refractivity contribution in [2.75, 3.05) is 7.11 Å². The minimum absolute atomic E-state index is 0.113. The van der Waals surface area contributed by atoms with Gasteiger partial charge in [-0.2, -0.15) is 8.78 Å². The maximum atomic E-state index is 14.7. The van der Waals surface area contributed by atoms with E-state index in [-0.39, 0.29) is 42.8 Å². The molecule has 2 fully saturated rings. The van der Waals surface area contributed by atoms with Crippen molar-refractivity contribution in [2.45, 2.75) is 70.0 Å². The molecule has 2 aliphatic rings. The lowest BCUT2D eigenvalue weighted by Gasteiger charge is -2.39. The van der Waals surface area contributed by atoms with E-state index in [2.05, 4.69) is 4.74 Å². The van der Waals surface area contributed by atoms with Gasteiger partial charge in [0.1, 0.15) is 17.4 Å². The van der Waals surface area contributed by atoms with Crippen LogP contribution in [0.5, 0.6) is 5.75 Å². The second kappa shape index (κ2) is 11.0. The molecular formula is C27H29F7O2. The average Bonchev–Trinajstić information content (AvgIpc) is 2.82. The molecule has 36 heavy (non-hydrogen) atoms. The fourth-order valence-corrected chi connectivity index (χ4v) is 5.91. The molecule has 4 rings (SSSR count). The van der Waals surface area contributed by atoms with E-state index in [1.807, 2.05) is 0 Å². The Hall–Kier alpha value is -2.29. The second-order valence-corrected chi connectivity index (χ2v) is 9.99. The topological polar surface area (TPSA) is 18.5 Å². The Morgan fingerprint density at radius 1 is 0.722 bits per heavy atom.